The zero-order valence-corrected chi connectivity index (χ0v) is 25.3. The molecule has 186 valence electrons. The first-order valence-electron chi connectivity index (χ1n) is 11.6. The fraction of sp³-hybridized carbons (Fsp3) is 0.379. The van der Waals surface area contributed by atoms with Crippen molar-refractivity contribution in [1.29, 1.82) is 0 Å². The van der Waals surface area contributed by atoms with Crippen LogP contribution in [0.15, 0.2) is 78.9 Å². The Hall–Kier alpha value is -1.15. The Bertz CT molecular complexity index is 865. The molecule has 0 heterocycles. The number of rotatable bonds is 9. The van der Waals surface area contributed by atoms with Crippen LogP contribution in [0.1, 0.15) is 30.5 Å². The van der Waals surface area contributed by atoms with Crippen molar-refractivity contribution in [3.05, 3.63) is 99.1 Å². The first kappa shape index (κ1) is 30.9. The van der Waals surface area contributed by atoms with Crippen molar-refractivity contribution in [3.8, 4) is 0 Å². The number of hydrogen-bond donors (Lipinski definition) is 2. The van der Waals surface area contributed by atoms with Crippen molar-refractivity contribution >= 4 is 51.8 Å². The van der Waals surface area contributed by atoms with Gasteiger partial charge in [-0.25, -0.2) is 0 Å². The third-order valence-corrected chi connectivity index (χ3v) is 7.52. The van der Waals surface area contributed by atoms with E-state index in [1.807, 2.05) is 59.9 Å². The van der Waals surface area contributed by atoms with Crippen LogP contribution in [0.4, 0.5) is 5.69 Å². The molecule has 0 amide bonds. The van der Waals surface area contributed by atoms with Gasteiger partial charge in [-0.15, -0.1) is 0 Å². The summed E-state index contributed by atoms with van der Waals surface area (Å²) in [4.78, 5) is 0. The molecule has 3 aromatic rings. The van der Waals surface area contributed by atoms with Gasteiger partial charge in [-0.1, -0.05) is 71.8 Å². The molecule has 0 saturated heterocycles. The van der Waals surface area contributed by atoms with Crippen LogP contribution in [0, 0.1) is 17.4 Å². The highest BCUT2D eigenvalue weighted by Crippen LogP contribution is 2.22. The molecule has 0 radical (unpaired) electrons. The minimum Gasteiger partial charge on any atom is -0.384 e. The number of halogens is 1. The summed E-state index contributed by atoms with van der Waals surface area (Å²) >= 11 is 6.15. The van der Waals surface area contributed by atoms with Crippen LogP contribution in [-0.2, 0) is 6.54 Å². The summed E-state index contributed by atoms with van der Waals surface area (Å²) in [6.07, 6.45) is 4.31. The number of thioether (sulfide) groups is 2. The predicted octanol–water partition coefficient (Wildman–Crippen LogP) is 8.29. The number of anilines is 1. The highest BCUT2D eigenvalue weighted by molar-refractivity contribution is 14.1. The lowest BCUT2D eigenvalue weighted by molar-refractivity contribution is 0.591. The summed E-state index contributed by atoms with van der Waals surface area (Å²) in [5, 5.41) is 7.12. The molecule has 5 heteroatoms. The van der Waals surface area contributed by atoms with E-state index in [2.05, 4.69) is 116 Å². The average Bonchev–Trinajstić information content (AvgIpc) is 2.82. The van der Waals surface area contributed by atoms with Crippen molar-refractivity contribution < 1.29 is 0 Å². The maximum atomic E-state index is 3.58. The van der Waals surface area contributed by atoms with E-state index < -0.39 is 0 Å². The molecule has 0 aromatic heterocycles. The molecule has 34 heavy (non-hydrogen) atoms. The summed E-state index contributed by atoms with van der Waals surface area (Å²) < 4.78 is 1.58. The van der Waals surface area contributed by atoms with Crippen molar-refractivity contribution in [2.75, 3.05) is 36.7 Å². The molecule has 0 aliphatic rings. The van der Waals surface area contributed by atoms with Gasteiger partial charge in [0, 0.05) is 39.4 Å². The smallest absolute Gasteiger partial charge is 0.0386 e. The molecule has 0 bridgehead atoms. The number of hydrogen-bond acceptors (Lipinski definition) is 4. The highest BCUT2D eigenvalue weighted by Gasteiger charge is 2.15. The van der Waals surface area contributed by atoms with Crippen LogP contribution in [-0.4, -0.2) is 36.1 Å². The van der Waals surface area contributed by atoms with E-state index in [1.54, 1.807) is 0 Å². The second-order valence-electron chi connectivity index (χ2n) is 8.60. The Morgan fingerprint density at radius 2 is 1.38 bits per heavy atom. The molecule has 0 spiro atoms. The van der Waals surface area contributed by atoms with Gasteiger partial charge in [-0.2, -0.15) is 23.5 Å². The molecule has 0 aliphatic heterocycles. The van der Waals surface area contributed by atoms with Gasteiger partial charge in [0.15, 0.2) is 0 Å². The van der Waals surface area contributed by atoms with Gasteiger partial charge in [0.1, 0.15) is 0 Å². The van der Waals surface area contributed by atoms with Crippen LogP contribution < -0.4 is 10.6 Å². The minimum atomic E-state index is 0.286. The molecule has 0 saturated carbocycles. The van der Waals surface area contributed by atoms with E-state index in [0.29, 0.717) is 0 Å². The quantitative estimate of drug-likeness (QED) is 0.189. The Labute approximate surface area is 230 Å². The van der Waals surface area contributed by atoms with E-state index in [-0.39, 0.29) is 4.75 Å². The molecule has 2 N–H and O–H groups in total. The molecule has 0 unspecified atom stereocenters. The number of benzene rings is 3. The van der Waals surface area contributed by atoms with Crippen molar-refractivity contribution in [2.45, 2.75) is 39.0 Å². The van der Waals surface area contributed by atoms with Gasteiger partial charge < -0.3 is 10.6 Å². The summed E-state index contributed by atoms with van der Waals surface area (Å²) in [6, 6.07) is 27.1. The van der Waals surface area contributed by atoms with Crippen LogP contribution >= 0.6 is 46.1 Å². The summed E-state index contributed by atoms with van der Waals surface area (Å²) in [5.74, 6) is 1.14. The first-order chi connectivity index (χ1) is 16.3. The standard InChI is InChI=1S/C15H25IN2S2.2C7H8/c1-15(2,20-4)11-17-10-12-9-13(16)5-6-14(12)18-7-8-19-3;2*1-7-5-3-2-4-6-7/h5-6,9,17-18H,7-8,10-11H2,1-4H3;2*2-6H,1H3. The largest absolute Gasteiger partial charge is 0.384 e. The predicted molar refractivity (Wildman–Crippen MR) is 168 cm³/mol. The zero-order valence-electron chi connectivity index (χ0n) is 21.5. The van der Waals surface area contributed by atoms with Gasteiger partial charge >= 0.3 is 0 Å². The van der Waals surface area contributed by atoms with Gasteiger partial charge in [0.25, 0.3) is 0 Å². The summed E-state index contributed by atoms with van der Waals surface area (Å²) in [6.45, 7) is 11.7. The van der Waals surface area contributed by atoms with E-state index >= 15 is 0 Å². The van der Waals surface area contributed by atoms with Crippen LogP contribution in [0.3, 0.4) is 0 Å². The topological polar surface area (TPSA) is 24.1 Å². The van der Waals surface area contributed by atoms with E-state index in [1.165, 1.54) is 25.9 Å². The fourth-order valence-corrected chi connectivity index (χ4v) is 3.92. The molecule has 2 nitrogen and oxygen atoms in total. The molecule has 0 fully saturated rings. The van der Waals surface area contributed by atoms with Crippen LogP contribution in [0.2, 0.25) is 0 Å². The average molecular weight is 609 g/mol. The van der Waals surface area contributed by atoms with Gasteiger partial charge in [-0.3, -0.25) is 0 Å². The highest BCUT2D eigenvalue weighted by atomic mass is 127. The minimum absolute atomic E-state index is 0.286. The summed E-state index contributed by atoms with van der Waals surface area (Å²) in [5.41, 5.74) is 5.26. The molecular formula is C29H41IN2S2. The second-order valence-corrected chi connectivity index (χ2v) is 12.3. The summed E-state index contributed by atoms with van der Waals surface area (Å²) in [7, 11) is 0. The Balaban J connectivity index is 0.000000331. The Morgan fingerprint density at radius 1 is 0.824 bits per heavy atom. The molecule has 3 aromatic carbocycles. The molecular weight excluding hydrogens is 567 g/mol. The number of aryl methyl sites for hydroxylation is 2. The maximum absolute atomic E-state index is 3.58. The van der Waals surface area contributed by atoms with E-state index in [4.69, 9.17) is 0 Å². The third kappa shape index (κ3) is 15.0. The molecule has 3 rings (SSSR count). The lowest BCUT2D eigenvalue weighted by Crippen LogP contribution is -2.31. The zero-order chi connectivity index (χ0) is 25.2. The second kappa shape index (κ2) is 18.2. The lowest BCUT2D eigenvalue weighted by Gasteiger charge is -2.23. The van der Waals surface area contributed by atoms with Gasteiger partial charge in [0.05, 0.1) is 0 Å². The Morgan fingerprint density at radius 3 is 1.82 bits per heavy atom. The van der Waals surface area contributed by atoms with Gasteiger partial charge in [-0.05, 0) is 86.6 Å². The van der Waals surface area contributed by atoms with E-state index in [0.717, 1.165) is 25.4 Å². The fourth-order valence-electron chi connectivity index (χ4n) is 2.81. The first-order valence-corrected chi connectivity index (χ1v) is 15.3. The van der Waals surface area contributed by atoms with Crippen molar-refractivity contribution in [1.82, 2.24) is 5.32 Å². The third-order valence-electron chi connectivity index (χ3n) is 4.99. The van der Waals surface area contributed by atoms with Crippen LogP contribution in [0.5, 0.6) is 0 Å². The van der Waals surface area contributed by atoms with Crippen molar-refractivity contribution in [2.24, 2.45) is 0 Å². The van der Waals surface area contributed by atoms with Crippen molar-refractivity contribution in [3.63, 3.8) is 0 Å². The lowest BCUT2D eigenvalue weighted by atomic mass is 10.1. The normalized spacial score (nSPS) is 10.4. The van der Waals surface area contributed by atoms with Gasteiger partial charge in [0.2, 0.25) is 0 Å². The molecule has 0 atom stereocenters. The SMILES string of the molecule is CSCCNc1ccc(I)cc1CNCC(C)(C)SC.Cc1ccccc1.Cc1ccccc1. The van der Waals surface area contributed by atoms with E-state index in [9.17, 15) is 0 Å². The monoisotopic (exact) mass is 608 g/mol. The van der Waals surface area contributed by atoms with Crippen LogP contribution in [0.25, 0.3) is 0 Å². The maximum Gasteiger partial charge on any atom is 0.0386 e. The molecule has 0 aliphatic carbocycles. The number of nitrogens with one attached hydrogen (secondary N) is 2. The Kier molecular flexibility index (Phi) is 16.5.